The van der Waals surface area contributed by atoms with E-state index in [0.717, 1.165) is 54.0 Å². The lowest BCUT2D eigenvalue weighted by atomic mass is 9.63. The molecule has 2 fully saturated rings. The number of piperidine rings is 1. The highest BCUT2D eigenvalue weighted by Gasteiger charge is 2.56. The van der Waals surface area contributed by atoms with Crippen LogP contribution in [0, 0.1) is 30.6 Å². The van der Waals surface area contributed by atoms with Crippen molar-refractivity contribution < 1.29 is 19.4 Å². The number of carbonyl (C=O) groups excluding carboxylic acids is 1. The number of aromatic nitrogens is 1. The zero-order valence-electron chi connectivity index (χ0n) is 27.5. The van der Waals surface area contributed by atoms with Gasteiger partial charge in [-0.3, -0.25) is 9.78 Å². The van der Waals surface area contributed by atoms with Crippen LogP contribution < -0.4 is 10.2 Å². The lowest BCUT2D eigenvalue weighted by Gasteiger charge is -2.52. The van der Waals surface area contributed by atoms with E-state index in [-0.39, 0.29) is 16.7 Å². The Labute approximate surface area is 262 Å². The van der Waals surface area contributed by atoms with E-state index in [4.69, 9.17) is 9.72 Å². The second-order valence-corrected chi connectivity index (χ2v) is 14.5. The predicted octanol–water partition coefficient (Wildman–Crippen LogP) is 7.50. The topological polar surface area (TPSA) is 91.8 Å². The van der Waals surface area contributed by atoms with Crippen LogP contribution in [0.1, 0.15) is 93.4 Å². The van der Waals surface area contributed by atoms with Gasteiger partial charge in [0.15, 0.2) is 6.10 Å². The molecule has 0 spiro atoms. The van der Waals surface area contributed by atoms with Gasteiger partial charge in [-0.15, -0.1) is 0 Å². The minimum atomic E-state index is -1.18. The number of pyridine rings is 1. The molecule has 2 heterocycles. The van der Waals surface area contributed by atoms with Crippen LogP contribution in [0.5, 0.6) is 0 Å². The predicted molar refractivity (Wildman–Crippen MR) is 175 cm³/mol. The van der Waals surface area contributed by atoms with Crippen LogP contribution in [0.2, 0.25) is 0 Å². The zero-order valence-corrected chi connectivity index (χ0v) is 27.5. The number of benzene rings is 2. The van der Waals surface area contributed by atoms with E-state index in [1.54, 1.807) is 0 Å². The molecule has 2 aromatic carbocycles. The first-order chi connectivity index (χ1) is 20.6. The van der Waals surface area contributed by atoms with Crippen molar-refractivity contribution in [2.75, 3.05) is 18.0 Å². The minimum Gasteiger partial charge on any atom is -0.479 e. The van der Waals surface area contributed by atoms with Crippen molar-refractivity contribution in [3.63, 3.8) is 0 Å². The second kappa shape index (κ2) is 11.7. The van der Waals surface area contributed by atoms with Crippen LogP contribution in [0.4, 0.5) is 5.69 Å². The average molecular weight is 598 g/mol. The van der Waals surface area contributed by atoms with E-state index in [2.05, 4.69) is 31.0 Å². The summed E-state index contributed by atoms with van der Waals surface area (Å²) in [4.78, 5) is 33.2. The molecular weight excluding hydrogens is 550 g/mol. The fourth-order valence-electron chi connectivity index (χ4n) is 7.28. The van der Waals surface area contributed by atoms with Gasteiger partial charge >= 0.3 is 5.97 Å². The van der Waals surface area contributed by atoms with E-state index in [0.29, 0.717) is 29.3 Å². The molecular formula is C37H47N3O4. The Morgan fingerprint density at radius 1 is 1.05 bits per heavy atom. The molecule has 1 saturated carbocycles. The Morgan fingerprint density at radius 2 is 1.70 bits per heavy atom. The summed E-state index contributed by atoms with van der Waals surface area (Å²) in [5, 5.41) is 13.5. The maximum Gasteiger partial charge on any atom is 0.337 e. The number of aryl methyl sites for hydroxylation is 2. The summed E-state index contributed by atoms with van der Waals surface area (Å²) in [6.07, 6.45) is 1.12. The lowest BCUT2D eigenvalue weighted by molar-refractivity contribution is -0.160. The van der Waals surface area contributed by atoms with E-state index < -0.39 is 17.7 Å². The Bertz CT molecular complexity index is 1540. The lowest BCUT2D eigenvalue weighted by Crippen LogP contribution is -2.52. The van der Waals surface area contributed by atoms with Crippen LogP contribution in [0.3, 0.4) is 0 Å². The quantitative estimate of drug-likeness (QED) is 0.279. The number of nitrogens with one attached hydrogen (secondary N) is 1. The molecule has 7 nitrogen and oxygen atoms in total. The van der Waals surface area contributed by atoms with Crippen LogP contribution in [-0.2, 0) is 16.1 Å². The number of hydrogen-bond donors (Lipinski definition) is 2. The van der Waals surface area contributed by atoms with Crippen molar-refractivity contribution in [1.29, 1.82) is 0 Å². The van der Waals surface area contributed by atoms with Crippen molar-refractivity contribution in [2.45, 2.75) is 86.5 Å². The van der Waals surface area contributed by atoms with Crippen LogP contribution in [0.25, 0.3) is 11.1 Å². The summed E-state index contributed by atoms with van der Waals surface area (Å²) in [5.41, 5.74) is 5.97. The standard InChI is InChI=1S/C37H47N3O4/c1-23-29(26-14-16-27(17-15-26)33(41)38-20-25-12-10-9-11-13-25)31(40-21-28-18-19-37(8,22-40)36(28,6)7)30(24(2)39-23)32(34(42)43)44-35(3,4)5/h9-17,28,32H,18-22H2,1-8H3,(H,38,41)(H,42,43)/t28?,32-,37?/m0/s1. The third-order valence-electron chi connectivity index (χ3n) is 10.2. The molecule has 1 aromatic heterocycles. The van der Waals surface area contributed by atoms with Crippen molar-refractivity contribution in [3.8, 4) is 11.1 Å². The largest absolute Gasteiger partial charge is 0.479 e. The number of carboxylic acids is 1. The summed E-state index contributed by atoms with van der Waals surface area (Å²) in [5.74, 6) is -0.691. The van der Waals surface area contributed by atoms with Crippen LogP contribution in [0.15, 0.2) is 54.6 Å². The van der Waals surface area contributed by atoms with Gasteiger partial charge in [-0.25, -0.2) is 4.79 Å². The van der Waals surface area contributed by atoms with Gasteiger partial charge in [0.05, 0.1) is 11.3 Å². The first kappa shape index (κ1) is 31.7. The third-order valence-corrected chi connectivity index (χ3v) is 10.2. The highest BCUT2D eigenvalue weighted by molar-refractivity contribution is 5.95. The number of carboxylic acid groups (broad SMARTS) is 1. The third kappa shape index (κ3) is 5.99. The molecule has 234 valence electrons. The normalized spacial score (nSPS) is 21.6. The molecule has 1 aliphatic heterocycles. The maximum absolute atomic E-state index is 13.0. The number of nitrogens with zero attached hydrogens (tertiary/aromatic N) is 2. The van der Waals surface area contributed by atoms with E-state index in [9.17, 15) is 14.7 Å². The highest BCUT2D eigenvalue weighted by atomic mass is 16.5. The molecule has 1 saturated heterocycles. The summed E-state index contributed by atoms with van der Waals surface area (Å²) < 4.78 is 6.26. The van der Waals surface area contributed by atoms with Crippen molar-refractivity contribution in [1.82, 2.24) is 10.3 Å². The number of ether oxygens (including phenoxy) is 1. The van der Waals surface area contributed by atoms with Gasteiger partial charge in [0.1, 0.15) is 0 Å². The first-order valence-electron chi connectivity index (χ1n) is 15.7. The fraction of sp³-hybridized carbons (Fsp3) is 0.486. The molecule has 2 unspecified atom stereocenters. The molecule has 2 bridgehead atoms. The van der Waals surface area contributed by atoms with Gasteiger partial charge in [0, 0.05) is 47.7 Å². The molecule has 44 heavy (non-hydrogen) atoms. The first-order valence-corrected chi connectivity index (χ1v) is 15.7. The van der Waals surface area contributed by atoms with Crippen molar-refractivity contribution in [3.05, 3.63) is 82.7 Å². The van der Waals surface area contributed by atoms with Crippen molar-refractivity contribution in [2.24, 2.45) is 16.7 Å². The minimum absolute atomic E-state index is 0.0832. The second-order valence-electron chi connectivity index (χ2n) is 14.5. The SMILES string of the molecule is Cc1nc(C)c([C@H](OC(C)(C)C)C(=O)O)c(N2CC3CCC(C)(C2)C3(C)C)c1-c1ccc(C(=O)NCc2ccccc2)cc1. The van der Waals surface area contributed by atoms with E-state index >= 15 is 0 Å². The van der Waals surface area contributed by atoms with Gasteiger partial charge in [0.25, 0.3) is 5.91 Å². The highest BCUT2D eigenvalue weighted by Crippen LogP contribution is 2.60. The van der Waals surface area contributed by atoms with Crippen LogP contribution in [-0.4, -0.2) is 40.7 Å². The Morgan fingerprint density at radius 3 is 2.30 bits per heavy atom. The Kier molecular flexibility index (Phi) is 8.40. The number of anilines is 1. The van der Waals surface area contributed by atoms with Gasteiger partial charge < -0.3 is 20.1 Å². The summed E-state index contributed by atoms with van der Waals surface area (Å²) in [6.45, 7) is 18.8. The fourth-order valence-corrected chi connectivity index (χ4v) is 7.28. The van der Waals surface area contributed by atoms with Gasteiger partial charge in [-0.2, -0.15) is 0 Å². The summed E-state index contributed by atoms with van der Waals surface area (Å²) >= 11 is 0. The smallest absolute Gasteiger partial charge is 0.337 e. The molecule has 2 aliphatic rings. The molecule has 1 aliphatic carbocycles. The molecule has 0 radical (unpaired) electrons. The number of fused-ring (bicyclic) bond motifs is 2. The number of hydrogen-bond acceptors (Lipinski definition) is 5. The number of aliphatic carboxylic acids is 1. The maximum atomic E-state index is 13.0. The number of amides is 1. The number of rotatable bonds is 8. The van der Waals surface area contributed by atoms with Gasteiger partial charge in [-0.05, 0) is 87.5 Å². The monoisotopic (exact) mass is 597 g/mol. The number of carbonyl (C=O) groups is 2. The molecule has 3 aromatic rings. The molecule has 3 atom stereocenters. The van der Waals surface area contributed by atoms with Crippen LogP contribution >= 0.6 is 0 Å². The molecule has 1 amide bonds. The van der Waals surface area contributed by atoms with E-state index in [1.807, 2.05) is 89.2 Å². The van der Waals surface area contributed by atoms with Gasteiger partial charge in [-0.1, -0.05) is 63.2 Å². The summed E-state index contributed by atoms with van der Waals surface area (Å²) in [7, 11) is 0. The summed E-state index contributed by atoms with van der Waals surface area (Å²) in [6, 6.07) is 17.4. The average Bonchev–Trinajstić information content (AvgIpc) is 3.07. The Hall–Kier alpha value is -3.71. The molecule has 7 heteroatoms. The molecule has 5 rings (SSSR count). The zero-order chi connectivity index (χ0) is 32.0. The van der Waals surface area contributed by atoms with Gasteiger partial charge in [0.2, 0.25) is 0 Å². The Balaban J connectivity index is 1.60. The van der Waals surface area contributed by atoms with Crippen molar-refractivity contribution >= 4 is 17.6 Å². The molecule has 2 N–H and O–H groups in total. The van der Waals surface area contributed by atoms with E-state index in [1.165, 1.54) is 0 Å².